The molecule has 0 radical (unpaired) electrons. The molecular formula is C29H27Cl2N5O2. The van der Waals surface area contributed by atoms with Crippen LogP contribution in [-0.4, -0.2) is 57.7 Å². The molecule has 4 heterocycles. The molecule has 0 saturated carbocycles. The molecule has 0 aliphatic carbocycles. The van der Waals surface area contributed by atoms with E-state index in [2.05, 4.69) is 37.8 Å². The highest BCUT2D eigenvalue weighted by Crippen LogP contribution is 2.28. The van der Waals surface area contributed by atoms with Gasteiger partial charge in [0.05, 0.1) is 21.2 Å². The molecule has 1 aliphatic rings. The summed E-state index contributed by atoms with van der Waals surface area (Å²) in [5.41, 5.74) is 3.58. The van der Waals surface area contributed by atoms with Gasteiger partial charge in [-0.25, -0.2) is 14.8 Å². The van der Waals surface area contributed by atoms with Crippen molar-refractivity contribution in [2.45, 2.75) is 26.4 Å². The van der Waals surface area contributed by atoms with Gasteiger partial charge in [-0.1, -0.05) is 41.1 Å². The summed E-state index contributed by atoms with van der Waals surface area (Å²) in [5, 5.41) is 1.93. The van der Waals surface area contributed by atoms with E-state index in [1.165, 1.54) is 0 Å². The third-order valence-corrected chi connectivity index (χ3v) is 6.78. The summed E-state index contributed by atoms with van der Waals surface area (Å²) in [6.07, 6.45) is 5.19. The summed E-state index contributed by atoms with van der Waals surface area (Å²) in [5.74, 6) is 7.13. The Morgan fingerprint density at radius 3 is 2.45 bits per heavy atom. The van der Waals surface area contributed by atoms with Gasteiger partial charge >= 0.3 is 6.09 Å². The lowest BCUT2D eigenvalue weighted by Gasteiger charge is -2.36. The van der Waals surface area contributed by atoms with E-state index in [9.17, 15) is 4.79 Å². The van der Waals surface area contributed by atoms with E-state index in [0.717, 1.165) is 33.5 Å². The van der Waals surface area contributed by atoms with Crippen LogP contribution < -0.4 is 4.90 Å². The molecule has 1 aromatic carbocycles. The maximum absolute atomic E-state index is 12.4. The molecule has 0 atom stereocenters. The van der Waals surface area contributed by atoms with Gasteiger partial charge in [0.25, 0.3) is 0 Å². The number of nitrogens with one attached hydrogen (secondary N) is 1. The number of rotatable bonds is 2. The number of aromatic nitrogens is 3. The number of fused-ring (bicyclic) bond motifs is 1. The smallest absolute Gasteiger partial charge is 0.410 e. The molecule has 3 aromatic heterocycles. The standard InChI is InChI=1S/C29H27Cl2N5O2/c1-29(2,3)38-28(37)36-13-11-35(12-14-36)26-16-19(9-10-32-26)21-15-23-20(17-33-27(23)34-18-21)7-8-22-24(30)5-4-6-25(22)31/h4-6,9-10,15-18H,11-14H2,1-3H3,(H,33,34). The molecule has 4 aromatic rings. The van der Waals surface area contributed by atoms with Crippen molar-refractivity contribution < 1.29 is 9.53 Å². The summed E-state index contributed by atoms with van der Waals surface area (Å²) in [7, 11) is 0. The van der Waals surface area contributed by atoms with E-state index in [4.69, 9.17) is 27.9 Å². The first-order valence-electron chi connectivity index (χ1n) is 12.3. The fourth-order valence-electron chi connectivity index (χ4n) is 4.23. The van der Waals surface area contributed by atoms with Crippen molar-refractivity contribution in [2.75, 3.05) is 31.1 Å². The van der Waals surface area contributed by atoms with Gasteiger partial charge in [-0.3, -0.25) is 0 Å². The number of aromatic amines is 1. The Balaban J connectivity index is 1.36. The normalized spacial score (nSPS) is 13.8. The fraction of sp³-hybridized carbons (Fsp3) is 0.276. The number of benzene rings is 1. The number of amides is 1. The maximum atomic E-state index is 12.4. The summed E-state index contributed by atoms with van der Waals surface area (Å²) < 4.78 is 5.51. The second-order valence-electron chi connectivity index (χ2n) is 10.0. The highest BCUT2D eigenvalue weighted by Gasteiger charge is 2.26. The van der Waals surface area contributed by atoms with Gasteiger partial charge in [0.1, 0.15) is 17.1 Å². The van der Waals surface area contributed by atoms with E-state index in [1.807, 2.05) is 45.3 Å². The number of carbonyl (C=O) groups is 1. The lowest BCUT2D eigenvalue weighted by molar-refractivity contribution is 0.0240. The number of hydrogen-bond donors (Lipinski definition) is 1. The Morgan fingerprint density at radius 2 is 1.74 bits per heavy atom. The Labute approximate surface area is 231 Å². The second kappa shape index (κ2) is 10.6. The summed E-state index contributed by atoms with van der Waals surface area (Å²) in [4.78, 5) is 28.7. The van der Waals surface area contributed by atoms with Crippen LogP contribution in [0.15, 0.2) is 55.0 Å². The topological polar surface area (TPSA) is 74.3 Å². The summed E-state index contributed by atoms with van der Waals surface area (Å²) in [6.45, 7) is 8.13. The van der Waals surface area contributed by atoms with E-state index < -0.39 is 5.60 Å². The minimum Gasteiger partial charge on any atom is -0.444 e. The third-order valence-electron chi connectivity index (χ3n) is 6.15. The Kier molecular flexibility index (Phi) is 7.20. The predicted octanol–water partition coefficient (Wildman–Crippen LogP) is 6.39. The monoisotopic (exact) mass is 547 g/mol. The number of H-pyrrole nitrogens is 1. The molecule has 0 unspecified atom stereocenters. The van der Waals surface area contributed by atoms with E-state index >= 15 is 0 Å². The molecule has 0 bridgehead atoms. The average molecular weight is 548 g/mol. The van der Waals surface area contributed by atoms with Gasteiger partial charge in [-0.2, -0.15) is 0 Å². The summed E-state index contributed by atoms with van der Waals surface area (Å²) >= 11 is 12.6. The molecular weight excluding hydrogens is 521 g/mol. The van der Waals surface area contributed by atoms with Gasteiger partial charge in [0.15, 0.2) is 0 Å². The van der Waals surface area contributed by atoms with Crippen molar-refractivity contribution in [1.82, 2.24) is 19.9 Å². The van der Waals surface area contributed by atoms with Crippen molar-refractivity contribution in [3.8, 4) is 23.0 Å². The highest BCUT2D eigenvalue weighted by molar-refractivity contribution is 6.36. The van der Waals surface area contributed by atoms with Crippen molar-refractivity contribution >= 4 is 46.1 Å². The number of anilines is 1. The number of piperazine rings is 1. The van der Waals surface area contributed by atoms with Crippen molar-refractivity contribution in [2.24, 2.45) is 0 Å². The molecule has 194 valence electrons. The molecule has 38 heavy (non-hydrogen) atoms. The van der Waals surface area contributed by atoms with Crippen LogP contribution in [0.1, 0.15) is 31.9 Å². The van der Waals surface area contributed by atoms with Gasteiger partial charge < -0.3 is 19.5 Å². The van der Waals surface area contributed by atoms with Gasteiger partial charge in [0, 0.05) is 55.7 Å². The zero-order valence-corrected chi connectivity index (χ0v) is 22.9. The van der Waals surface area contributed by atoms with Crippen LogP contribution in [0.5, 0.6) is 0 Å². The fourth-order valence-corrected chi connectivity index (χ4v) is 4.72. The number of ether oxygens (including phenoxy) is 1. The second-order valence-corrected chi connectivity index (χ2v) is 10.8. The molecule has 1 saturated heterocycles. The molecule has 1 fully saturated rings. The van der Waals surface area contributed by atoms with Crippen molar-refractivity contribution in [1.29, 1.82) is 0 Å². The molecule has 1 amide bonds. The van der Waals surface area contributed by atoms with E-state index in [1.54, 1.807) is 29.3 Å². The number of halogens is 2. The Hall–Kier alpha value is -3.73. The van der Waals surface area contributed by atoms with Crippen LogP contribution >= 0.6 is 23.2 Å². The minimum absolute atomic E-state index is 0.277. The predicted molar refractivity (Wildman–Crippen MR) is 152 cm³/mol. The lowest BCUT2D eigenvalue weighted by atomic mass is 10.1. The van der Waals surface area contributed by atoms with Gasteiger partial charge in [-0.05, 0) is 56.7 Å². The molecule has 9 heteroatoms. The van der Waals surface area contributed by atoms with Crippen LogP contribution in [0.25, 0.3) is 22.2 Å². The SMILES string of the molecule is CC(C)(C)OC(=O)N1CCN(c2cc(-c3cnc4[nH]cc(C#Cc5c(Cl)cccc5Cl)c4c3)ccn2)CC1. The first kappa shape index (κ1) is 25.9. The maximum Gasteiger partial charge on any atom is 0.410 e. The molecule has 5 rings (SSSR count). The Morgan fingerprint density at radius 1 is 1.00 bits per heavy atom. The lowest BCUT2D eigenvalue weighted by Crippen LogP contribution is -2.50. The van der Waals surface area contributed by atoms with Crippen LogP contribution in [0.3, 0.4) is 0 Å². The van der Waals surface area contributed by atoms with Crippen LogP contribution in [-0.2, 0) is 4.74 Å². The zero-order chi connectivity index (χ0) is 26.9. The van der Waals surface area contributed by atoms with E-state index in [0.29, 0.717) is 41.8 Å². The van der Waals surface area contributed by atoms with Crippen LogP contribution in [0.2, 0.25) is 10.0 Å². The minimum atomic E-state index is -0.508. The van der Waals surface area contributed by atoms with Crippen molar-refractivity contribution in [3.05, 3.63) is 76.2 Å². The zero-order valence-electron chi connectivity index (χ0n) is 21.4. The van der Waals surface area contributed by atoms with Gasteiger partial charge in [0.2, 0.25) is 0 Å². The largest absolute Gasteiger partial charge is 0.444 e. The molecule has 7 nitrogen and oxygen atoms in total. The van der Waals surface area contributed by atoms with E-state index in [-0.39, 0.29) is 6.09 Å². The number of pyridine rings is 2. The van der Waals surface area contributed by atoms with Crippen molar-refractivity contribution in [3.63, 3.8) is 0 Å². The average Bonchev–Trinajstić information content (AvgIpc) is 3.30. The van der Waals surface area contributed by atoms with Crippen LogP contribution in [0, 0.1) is 11.8 Å². The summed E-state index contributed by atoms with van der Waals surface area (Å²) in [6, 6.07) is 11.4. The first-order chi connectivity index (χ1) is 18.2. The third kappa shape index (κ3) is 5.72. The Bertz CT molecular complexity index is 1540. The first-order valence-corrected chi connectivity index (χ1v) is 13.1. The molecule has 1 aliphatic heterocycles. The highest BCUT2D eigenvalue weighted by atomic mass is 35.5. The number of carbonyl (C=O) groups excluding carboxylic acids is 1. The molecule has 0 spiro atoms. The number of nitrogens with zero attached hydrogens (tertiary/aromatic N) is 4. The number of hydrogen-bond acceptors (Lipinski definition) is 5. The van der Waals surface area contributed by atoms with Crippen LogP contribution in [0.4, 0.5) is 10.6 Å². The quantitative estimate of drug-likeness (QED) is 0.294. The molecule has 1 N–H and O–H groups in total. The van der Waals surface area contributed by atoms with Gasteiger partial charge in [-0.15, -0.1) is 0 Å².